The van der Waals surface area contributed by atoms with Gasteiger partial charge in [-0.15, -0.1) is 0 Å². The first kappa shape index (κ1) is 17.8. The van der Waals surface area contributed by atoms with Gasteiger partial charge in [0, 0.05) is 30.0 Å². The Morgan fingerprint density at radius 2 is 1.69 bits per heavy atom. The van der Waals surface area contributed by atoms with E-state index >= 15 is 0 Å². The van der Waals surface area contributed by atoms with E-state index in [-0.39, 0.29) is 11.9 Å². The average molecular weight is 353 g/mol. The molecule has 0 radical (unpaired) electrons. The summed E-state index contributed by atoms with van der Waals surface area (Å²) in [6, 6.07) is 14.1. The maximum Gasteiger partial charge on any atom is 0.321 e. The summed E-state index contributed by atoms with van der Waals surface area (Å²) in [6.45, 7) is 4.02. The van der Waals surface area contributed by atoms with Crippen LogP contribution in [-0.4, -0.2) is 36.5 Å². The molecule has 26 heavy (non-hydrogen) atoms. The minimum absolute atomic E-state index is 0.101. The topological polar surface area (TPSA) is 70.7 Å². The van der Waals surface area contributed by atoms with Crippen molar-refractivity contribution < 1.29 is 14.3 Å². The van der Waals surface area contributed by atoms with E-state index in [0.29, 0.717) is 29.3 Å². The molecule has 3 amide bonds. The van der Waals surface area contributed by atoms with Crippen LogP contribution >= 0.6 is 0 Å². The lowest BCUT2D eigenvalue weighted by molar-refractivity contribution is 0.102. The molecule has 0 atom stereocenters. The van der Waals surface area contributed by atoms with Crippen LogP contribution in [0, 0.1) is 0 Å². The minimum Gasteiger partial charge on any atom is -0.494 e. The molecule has 136 valence electrons. The van der Waals surface area contributed by atoms with Gasteiger partial charge in [0.15, 0.2) is 0 Å². The molecule has 6 heteroatoms. The zero-order valence-corrected chi connectivity index (χ0v) is 14.8. The Labute approximate surface area is 153 Å². The normalized spacial score (nSPS) is 13.3. The number of rotatable bonds is 5. The summed E-state index contributed by atoms with van der Waals surface area (Å²) in [5.41, 5.74) is 1.79. The Bertz CT molecular complexity index is 785. The highest BCUT2D eigenvalue weighted by molar-refractivity contribution is 6.04. The van der Waals surface area contributed by atoms with Crippen LogP contribution in [0.3, 0.4) is 0 Å². The number of benzene rings is 2. The van der Waals surface area contributed by atoms with Crippen molar-refractivity contribution in [3.05, 3.63) is 54.1 Å². The molecule has 2 aromatic rings. The van der Waals surface area contributed by atoms with E-state index in [1.54, 1.807) is 47.4 Å². The number of amides is 3. The molecule has 0 saturated carbocycles. The fourth-order valence-electron chi connectivity index (χ4n) is 2.89. The Morgan fingerprint density at radius 1 is 1.00 bits per heavy atom. The summed E-state index contributed by atoms with van der Waals surface area (Å²) in [5.74, 6) is 0.432. The molecular weight excluding hydrogens is 330 g/mol. The predicted octanol–water partition coefficient (Wildman–Crippen LogP) is 3.97. The molecule has 0 spiro atoms. The van der Waals surface area contributed by atoms with E-state index in [9.17, 15) is 9.59 Å². The Kier molecular flexibility index (Phi) is 5.73. The maximum absolute atomic E-state index is 12.5. The molecule has 2 aromatic carbocycles. The van der Waals surface area contributed by atoms with Crippen molar-refractivity contribution in [1.29, 1.82) is 0 Å². The summed E-state index contributed by atoms with van der Waals surface area (Å²) in [7, 11) is 0. The highest BCUT2D eigenvalue weighted by Crippen LogP contribution is 2.19. The third-order valence-corrected chi connectivity index (χ3v) is 4.17. The highest BCUT2D eigenvalue weighted by Gasteiger charge is 2.17. The summed E-state index contributed by atoms with van der Waals surface area (Å²) >= 11 is 0. The standard InChI is InChI=1S/C20H23N3O3/c1-2-26-18-10-5-7-15(13-18)19(24)21-16-8-6-9-17(14-16)22-20(25)23-11-3-4-12-23/h5-10,13-14H,2-4,11-12H2,1H3,(H,21,24)(H,22,25). The lowest BCUT2D eigenvalue weighted by atomic mass is 10.2. The molecule has 1 aliphatic heterocycles. The molecule has 6 nitrogen and oxygen atoms in total. The van der Waals surface area contributed by atoms with E-state index in [1.165, 1.54) is 0 Å². The number of hydrogen-bond acceptors (Lipinski definition) is 3. The Hall–Kier alpha value is -3.02. The van der Waals surface area contributed by atoms with Crippen molar-refractivity contribution in [3.63, 3.8) is 0 Å². The van der Waals surface area contributed by atoms with Crippen molar-refractivity contribution >= 4 is 23.3 Å². The van der Waals surface area contributed by atoms with Gasteiger partial charge in [-0.3, -0.25) is 4.79 Å². The van der Waals surface area contributed by atoms with E-state index in [2.05, 4.69) is 10.6 Å². The quantitative estimate of drug-likeness (QED) is 0.854. The number of nitrogens with zero attached hydrogens (tertiary/aromatic N) is 1. The van der Waals surface area contributed by atoms with Gasteiger partial charge in [0.1, 0.15) is 5.75 Å². The number of ether oxygens (including phenoxy) is 1. The van der Waals surface area contributed by atoms with Crippen LogP contribution in [0.4, 0.5) is 16.2 Å². The van der Waals surface area contributed by atoms with Gasteiger partial charge in [-0.05, 0) is 56.2 Å². The molecule has 3 rings (SSSR count). The highest BCUT2D eigenvalue weighted by atomic mass is 16.5. The molecule has 0 aromatic heterocycles. The number of hydrogen-bond donors (Lipinski definition) is 2. The molecule has 2 N–H and O–H groups in total. The van der Waals surface area contributed by atoms with Gasteiger partial charge >= 0.3 is 6.03 Å². The van der Waals surface area contributed by atoms with Gasteiger partial charge in [-0.25, -0.2) is 4.79 Å². The van der Waals surface area contributed by atoms with E-state index in [1.807, 2.05) is 13.0 Å². The molecule has 1 fully saturated rings. The maximum atomic E-state index is 12.5. The van der Waals surface area contributed by atoms with E-state index in [4.69, 9.17) is 4.74 Å². The van der Waals surface area contributed by atoms with Gasteiger partial charge in [0.05, 0.1) is 6.61 Å². The number of anilines is 2. The molecule has 0 aliphatic carbocycles. The van der Waals surface area contributed by atoms with Crippen molar-refractivity contribution in [2.75, 3.05) is 30.3 Å². The van der Waals surface area contributed by atoms with Crippen molar-refractivity contribution in [2.24, 2.45) is 0 Å². The third kappa shape index (κ3) is 4.53. The number of nitrogens with one attached hydrogen (secondary N) is 2. The van der Waals surface area contributed by atoms with Gasteiger partial charge < -0.3 is 20.3 Å². The predicted molar refractivity (Wildman–Crippen MR) is 102 cm³/mol. The Morgan fingerprint density at radius 3 is 2.42 bits per heavy atom. The summed E-state index contributed by atoms with van der Waals surface area (Å²) < 4.78 is 5.43. The second-order valence-electron chi connectivity index (χ2n) is 6.12. The fraction of sp³-hybridized carbons (Fsp3) is 0.300. The Balaban J connectivity index is 1.65. The minimum atomic E-state index is -0.227. The fourth-order valence-corrected chi connectivity index (χ4v) is 2.89. The van der Waals surface area contributed by atoms with E-state index in [0.717, 1.165) is 25.9 Å². The lowest BCUT2D eigenvalue weighted by Gasteiger charge is -2.16. The van der Waals surface area contributed by atoms with Crippen LogP contribution in [-0.2, 0) is 0 Å². The van der Waals surface area contributed by atoms with Crippen LogP contribution in [0.25, 0.3) is 0 Å². The largest absolute Gasteiger partial charge is 0.494 e. The zero-order valence-electron chi connectivity index (χ0n) is 14.8. The van der Waals surface area contributed by atoms with Gasteiger partial charge in [0.25, 0.3) is 5.91 Å². The van der Waals surface area contributed by atoms with Gasteiger partial charge in [-0.2, -0.15) is 0 Å². The number of likely N-dealkylation sites (tertiary alicyclic amines) is 1. The lowest BCUT2D eigenvalue weighted by Crippen LogP contribution is -2.32. The second-order valence-corrected chi connectivity index (χ2v) is 6.12. The smallest absolute Gasteiger partial charge is 0.321 e. The van der Waals surface area contributed by atoms with Crippen LogP contribution < -0.4 is 15.4 Å². The van der Waals surface area contributed by atoms with Crippen molar-refractivity contribution in [2.45, 2.75) is 19.8 Å². The molecule has 0 bridgehead atoms. The van der Waals surface area contributed by atoms with Gasteiger partial charge in [0.2, 0.25) is 0 Å². The summed E-state index contributed by atoms with van der Waals surface area (Å²) in [4.78, 5) is 26.4. The average Bonchev–Trinajstić information content (AvgIpc) is 3.17. The second kappa shape index (κ2) is 8.38. The molecular formula is C20H23N3O3. The molecule has 1 heterocycles. The first-order valence-corrected chi connectivity index (χ1v) is 8.86. The number of carbonyl (C=O) groups is 2. The van der Waals surface area contributed by atoms with E-state index < -0.39 is 0 Å². The van der Waals surface area contributed by atoms with Crippen LogP contribution in [0.2, 0.25) is 0 Å². The van der Waals surface area contributed by atoms with Crippen molar-refractivity contribution in [3.8, 4) is 5.75 Å². The number of urea groups is 1. The third-order valence-electron chi connectivity index (χ3n) is 4.17. The van der Waals surface area contributed by atoms with Crippen LogP contribution in [0.15, 0.2) is 48.5 Å². The number of carbonyl (C=O) groups excluding carboxylic acids is 2. The van der Waals surface area contributed by atoms with Gasteiger partial charge in [-0.1, -0.05) is 12.1 Å². The molecule has 1 aliphatic rings. The van der Waals surface area contributed by atoms with Crippen LogP contribution in [0.1, 0.15) is 30.1 Å². The molecule has 0 unspecified atom stereocenters. The monoisotopic (exact) mass is 353 g/mol. The summed E-state index contributed by atoms with van der Waals surface area (Å²) in [6.07, 6.45) is 2.09. The zero-order chi connectivity index (χ0) is 18.4. The summed E-state index contributed by atoms with van der Waals surface area (Å²) in [5, 5.41) is 5.73. The SMILES string of the molecule is CCOc1cccc(C(=O)Nc2cccc(NC(=O)N3CCCC3)c2)c1. The molecule has 1 saturated heterocycles. The first-order chi connectivity index (χ1) is 12.7. The van der Waals surface area contributed by atoms with Crippen LogP contribution in [0.5, 0.6) is 5.75 Å². The van der Waals surface area contributed by atoms with Crippen molar-refractivity contribution in [1.82, 2.24) is 4.90 Å². The first-order valence-electron chi connectivity index (χ1n) is 8.86.